The van der Waals surface area contributed by atoms with Gasteiger partial charge in [0.2, 0.25) is 0 Å². The van der Waals surface area contributed by atoms with Crippen molar-refractivity contribution in [1.82, 2.24) is 9.78 Å². The van der Waals surface area contributed by atoms with Crippen molar-refractivity contribution in [2.45, 2.75) is 71.2 Å². The van der Waals surface area contributed by atoms with Crippen molar-refractivity contribution < 1.29 is 0 Å². The second kappa shape index (κ2) is 7.11. The third-order valence-corrected chi connectivity index (χ3v) is 6.13. The predicted molar refractivity (Wildman–Crippen MR) is 89.4 cm³/mol. The number of rotatable bonds is 5. The number of nitrogens with zero attached hydrogens (tertiary/aromatic N) is 2. The highest BCUT2D eigenvalue weighted by Crippen LogP contribution is 2.39. The molecule has 2 rings (SSSR count). The van der Waals surface area contributed by atoms with Crippen molar-refractivity contribution in [3.63, 3.8) is 0 Å². The van der Waals surface area contributed by atoms with E-state index in [9.17, 15) is 0 Å². The van der Waals surface area contributed by atoms with Gasteiger partial charge in [-0.1, -0.05) is 36.7 Å². The first-order valence-corrected chi connectivity index (χ1v) is 9.16. The van der Waals surface area contributed by atoms with E-state index in [0.29, 0.717) is 4.83 Å². The van der Waals surface area contributed by atoms with Gasteiger partial charge >= 0.3 is 0 Å². The minimum atomic E-state index is 0.683. The normalized spacial score (nSPS) is 27.2. The molecule has 1 aromatic heterocycles. The summed E-state index contributed by atoms with van der Waals surface area (Å²) < 4.78 is 2.21. The molecule has 0 N–H and O–H groups in total. The van der Waals surface area contributed by atoms with Crippen LogP contribution in [-0.2, 0) is 19.4 Å². The average molecular weight is 341 g/mol. The Morgan fingerprint density at radius 3 is 2.70 bits per heavy atom. The molecule has 1 heterocycles. The third-order valence-electron chi connectivity index (χ3n) is 4.92. The van der Waals surface area contributed by atoms with Gasteiger partial charge in [-0.2, -0.15) is 5.10 Å². The predicted octanol–water partition coefficient (Wildman–Crippen LogP) is 4.84. The molecule has 1 saturated carbocycles. The Hall–Kier alpha value is -0.310. The smallest absolute Gasteiger partial charge is 0.0624 e. The van der Waals surface area contributed by atoms with Crippen molar-refractivity contribution in [2.75, 3.05) is 0 Å². The molecule has 0 spiro atoms. The first-order chi connectivity index (χ1) is 9.55. The quantitative estimate of drug-likeness (QED) is 0.701. The van der Waals surface area contributed by atoms with E-state index >= 15 is 0 Å². The maximum Gasteiger partial charge on any atom is 0.0624 e. The molecule has 0 amide bonds. The van der Waals surface area contributed by atoms with Crippen LogP contribution in [0.4, 0.5) is 0 Å². The zero-order valence-electron chi connectivity index (χ0n) is 13.4. The lowest BCUT2D eigenvalue weighted by atomic mass is 9.74. The van der Waals surface area contributed by atoms with Crippen molar-refractivity contribution in [3.8, 4) is 0 Å². The number of alkyl halides is 1. The summed E-state index contributed by atoms with van der Waals surface area (Å²) in [5, 5.41) is 4.69. The molecule has 1 aliphatic rings. The van der Waals surface area contributed by atoms with Gasteiger partial charge in [-0.15, -0.1) is 0 Å². The summed E-state index contributed by atoms with van der Waals surface area (Å²) in [4.78, 5) is 0.683. The number of aromatic nitrogens is 2. The monoisotopic (exact) mass is 340 g/mol. The fraction of sp³-hybridized carbons (Fsp3) is 0.824. The van der Waals surface area contributed by atoms with Crippen LogP contribution in [0.25, 0.3) is 0 Å². The summed E-state index contributed by atoms with van der Waals surface area (Å²) >= 11 is 3.93. The van der Waals surface area contributed by atoms with Crippen molar-refractivity contribution in [3.05, 3.63) is 17.5 Å². The van der Waals surface area contributed by atoms with E-state index in [1.807, 2.05) is 0 Å². The van der Waals surface area contributed by atoms with Gasteiger partial charge in [-0.25, -0.2) is 0 Å². The summed E-state index contributed by atoms with van der Waals surface area (Å²) in [5.41, 5.74) is 2.67. The highest BCUT2D eigenvalue weighted by atomic mass is 79.9. The van der Waals surface area contributed by atoms with Crippen LogP contribution in [0.15, 0.2) is 6.07 Å². The van der Waals surface area contributed by atoms with Crippen LogP contribution in [0.5, 0.6) is 0 Å². The Balaban J connectivity index is 2.09. The number of hydrogen-bond donors (Lipinski definition) is 0. The van der Waals surface area contributed by atoms with E-state index in [0.717, 1.165) is 30.7 Å². The van der Waals surface area contributed by atoms with Crippen LogP contribution >= 0.6 is 15.9 Å². The molecule has 114 valence electrons. The van der Waals surface area contributed by atoms with Gasteiger partial charge in [0.25, 0.3) is 0 Å². The zero-order chi connectivity index (χ0) is 14.7. The molecular weight excluding hydrogens is 312 g/mol. The van der Waals surface area contributed by atoms with Gasteiger partial charge in [-0.3, -0.25) is 4.68 Å². The average Bonchev–Trinajstić information content (AvgIpc) is 2.83. The van der Waals surface area contributed by atoms with E-state index in [-0.39, 0.29) is 0 Å². The van der Waals surface area contributed by atoms with E-state index in [2.05, 4.69) is 54.4 Å². The standard InChI is InChI=1S/C17H29BrN2/c1-5-15-11-16(20(6-2)19-15)10-14-9-13(12(3)4)7-8-17(14)18/h11-14,17H,5-10H2,1-4H3. The highest BCUT2D eigenvalue weighted by molar-refractivity contribution is 9.09. The first-order valence-electron chi connectivity index (χ1n) is 8.24. The highest BCUT2D eigenvalue weighted by Gasteiger charge is 2.31. The van der Waals surface area contributed by atoms with Crippen molar-refractivity contribution in [2.24, 2.45) is 17.8 Å². The Morgan fingerprint density at radius 2 is 2.10 bits per heavy atom. The van der Waals surface area contributed by atoms with Crippen LogP contribution in [0.2, 0.25) is 0 Å². The number of halogens is 1. The summed E-state index contributed by atoms with van der Waals surface area (Å²) in [5.74, 6) is 2.49. The summed E-state index contributed by atoms with van der Waals surface area (Å²) in [6.07, 6.45) is 6.30. The Labute approximate surface area is 132 Å². The van der Waals surface area contributed by atoms with Gasteiger partial charge in [0.1, 0.15) is 0 Å². The molecule has 2 nitrogen and oxygen atoms in total. The number of hydrogen-bond acceptors (Lipinski definition) is 1. The van der Waals surface area contributed by atoms with Crippen LogP contribution in [0.1, 0.15) is 58.3 Å². The summed E-state index contributed by atoms with van der Waals surface area (Å²) in [7, 11) is 0. The fourth-order valence-corrected chi connectivity index (χ4v) is 4.14. The summed E-state index contributed by atoms with van der Waals surface area (Å²) in [6.45, 7) is 10.1. The lowest BCUT2D eigenvalue weighted by molar-refractivity contribution is 0.220. The molecule has 3 heteroatoms. The molecule has 0 saturated heterocycles. The maximum atomic E-state index is 4.69. The molecular formula is C17H29BrN2. The van der Waals surface area contributed by atoms with E-state index in [1.54, 1.807) is 0 Å². The second-order valence-electron chi connectivity index (χ2n) is 6.59. The molecule has 1 fully saturated rings. The van der Waals surface area contributed by atoms with Gasteiger partial charge in [0.15, 0.2) is 0 Å². The maximum absolute atomic E-state index is 4.69. The fourth-order valence-electron chi connectivity index (χ4n) is 3.47. The van der Waals surface area contributed by atoms with Gasteiger partial charge in [-0.05, 0) is 62.8 Å². The topological polar surface area (TPSA) is 17.8 Å². The van der Waals surface area contributed by atoms with E-state index in [1.165, 1.54) is 37.1 Å². The molecule has 0 aromatic carbocycles. The van der Waals surface area contributed by atoms with Gasteiger partial charge in [0, 0.05) is 17.1 Å². The lowest BCUT2D eigenvalue weighted by Crippen LogP contribution is -2.29. The largest absolute Gasteiger partial charge is 0.270 e. The molecule has 20 heavy (non-hydrogen) atoms. The Kier molecular flexibility index (Phi) is 5.71. The second-order valence-corrected chi connectivity index (χ2v) is 7.77. The van der Waals surface area contributed by atoms with Crippen LogP contribution in [0.3, 0.4) is 0 Å². The van der Waals surface area contributed by atoms with Gasteiger partial charge in [0.05, 0.1) is 5.69 Å². The number of aryl methyl sites for hydroxylation is 2. The molecule has 0 aliphatic heterocycles. The zero-order valence-corrected chi connectivity index (χ0v) is 15.0. The first kappa shape index (κ1) is 16.1. The van der Waals surface area contributed by atoms with Crippen LogP contribution in [-0.4, -0.2) is 14.6 Å². The van der Waals surface area contributed by atoms with Crippen molar-refractivity contribution in [1.29, 1.82) is 0 Å². The third kappa shape index (κ3) is 3.66. The minimum Gasteiger partial charge on any atom is -0.270 e. The molecule has 3 unspecified atom stereocenters. The van der Waals surface area contributed by atoms with E-state index < -0.39 is 0 Å². The SMILES string of the molecule is CCc1cc(CC2CC(C(C)C)CCC2Br)n(CC)n1. The molecule has 0 radical (unpaired) electrons. The molecule has 0 bridgehead atoms. The van der Waals surface area contributed by atoms with Crippen LogP contribution < -0.4 is 0 Å². The van der Waals surface area contributed by atoms with E-state index in [4.69, 9.17) is 5.10 Å². The minimum absolute atomic E-state index is 0.683. The van der Waals surface area contributed by atoms with Gasteiger partial charge < -0.3 is 0 Å². The summed E-state index contributed by atoms with van der Waals surface area (Å²) in [6, 6.07) is 2.32. The Morgan fingerprint density at radius 1 is 1.35 bits per heavy atom. The van der Waals surface area contributed by atoms with Crippen molar-refractivity contribution >= 4 is 15.9 Å². The molecule has 1 aromatic rings. The molecule has 3 atom stereocenters. The lowest BCUT2D eigenvalue weighted by Gasteiger charge is -2.35. The van der Waals surface area contributed by atoms with Crippen LogP contribution in [0, 0.1) is 17.8 Å². The Bertz CT molecular complexity index is 425. The molecule has 1 aliphatic carbocycles.